The zero-order valence-corrected chi connectivity index (χ0v) is 34.5. The number of anilines is 3. The number of fused-ring (bicyclic) bond motifs is 2. The minimum Gasteiger partial charge on any atom is -0.497 e. The highest BCUT2D eigenvalue weighted by atomic mass is 28.3. The molecular formula is C46H46N4O8Si. The topological polar surface area (TPSA) is 143 Å². The third kappa shape index (κ3) is 5.96. The number of nitrogens with zero attached hydrogens (tertiary/aromatic N) is 4. The highest BCUT2D eigenvalue weighted by molar-refractivity contribution is 6.91. The van der Waals surface area contributed by atoms with Crippen molar-refractivity contribution in [1.29, 1.82) is 0 Å². The number of methoxy groups -OCH3 is 1. The van der Waals surface area contributed by atoms with Crippen LogP contribution in [0.2, 0.25) is 18.6 Å². The van der Waals surface area contributed by atoms with Crippen LogP contribution in [0, 0.1) is 16.0 Å². The van der Waals surface area contributed by atoms with Gasteiger partial charge in [0, 0.05) is 41.2 Å². The van der Waals surface area contributed by atoms with Crippen molar-refractivity contribution in [3.63, 3.8) is 0 Å². The first kappa shape index (κ1) is 38.6. The predicted molar refractivity (Wildman–Crippen MR) is 227 cm³/mol. The zero-order valence-electron chi connectivity index (χ0n) is 33.5. The number of aliphatic hydroxyl groups excluding tert-OH is 1. The number of non-ortho nitro benzene ring substituents is 1. The van der Waals surface area contributed by atoms with Gasteiger partial charge in [-0.25, -0.2) is 0 Å². The van der Waals surface area contributed by atoms with Crippen LogP contribution in [-0.4, -0.2) is 73.1 Å². The highest BCUT2D eigenvalue weighted by Crippen LogP contribution is 2.60. The Balaban J connectivity index is 1.09. The summed E-state index contributed by atoms with van der Waals surface area (Å²) in [6, 6.07) is 31.3. The second-order valence-corrected chi connectivity index (χ2v) is 21.5. The van der Waals surface area contributed by atoms with Gasteiger partial charge in [0.25, 0.3) is 17.5 Å². The number of carbonyl (C=O) groups excluding carboxylic acids is 3. The molecule has 0 aromatic heterocycles. The van der Waals surface area contributed by atoms with Gasteiger partial charge in [0.05, 0.1) is 68.8 Å². The fraction of sp³-hybridized carbons (Fsp3) is 0.326. The van der Waals surface area contributed by atoms with Crippen LogP contribution < -0.4 is 19.7 Å². The Bertz CT molecular complexity index is 2520. The van der Waals surface area contributed by atoms with Crippen molar-refractivity contribution in [1.82, 2.24) is 4.90 Å². The van der Waals surface area contributed by atoms with E-state index in [-0.39, 0.29) is 54.6 Å². The standard InChI is InChI=1S/C46H46N4O8Si/c1-28-43(59(3,4)35-20-18-34(57-2)19-21-35)40(25-41(52)47-23-7-10-33(47)27-51)58-46(28)37-24-32(50(55)56)17-22-38(37)48(45(46)54)26-29-13-15-31(16-14-29)49-39-12-6-9-30-8-5-11-36(42(30)39)44(49)53/h5-6,8-9,11-22,24,28,33,40,43,51H,7,10,23,25-27H2,1-4H3/t28-,33+,40+,43-,46+/m1/s1. The summed E-state index contributed by atoms with van der Waals surface area (Å²) in [6.07, 6.45) is 0.823. The number of hydrogen-bond donors (Lipinski definition) is 1. The van der Waals surface area contributed by atoms with Crippen LogP contribution in [0.3, 0.4) is 0 Å². The summed E-state index contributed by atoms with van der Waals surface area (Å²) in [5.74, 6) is -0.355. The molecule has 5 aromatic carbocycles. The third-order valence-electron chi connectivity index (χ3n) is 13.4. The molecule has 2 fully saturated rings. The first-order valence-electron chi connectivity index (χ1n) is 20.2. The molecule has 4 aliphatic heterocycles. The molecule has 4 aliphatic rings. The summed E-state index contributed by atoms with van der Waals surface area (Å²) >= 11 is 0. The molecule has 0 unspecified atom stereocenters. The number of benzene rings is 5. The molecule has 2 saturated heterocycles. The first-order chi connectivity index (χ1) is 28.4. The average molecular weight is 811 g/mol. The molecule has 3 amide bonds. The molecule has 59 heavy (non-hydrogen) atoms. The Kier molecular flexibility index (Phi) is 9.45. The van der Waals surface area contributed by atoms with Crippen LogP contribution in [0.25, 0.3) is 10.8 Å². The van der Waals surface area contributed by atoms with Crippen molar-refractivity contribution in [3.8, 4) is 5.75 Å². The molecule has 4 heterocycles. The van der Waals surface area contributed by atoms with E-state index >= 15 is 4.79 Å². The van der Waals surface area contributed by atoms with Gasteiger partial charge in [-0.1, -0.05) is 73.7 Å². The maximum absolute atomic E-state index is 15.4. The van der Waals surface area contributed by atoms with Crippen LogP contribution >= 0.6 is 0 Å². The second-order valence-electron chi connectivity index (χ2n) is 16.8. The van der Waals surface area contributed by atoms with E-state index in [1.165, 1.54) is 12.1 Å². The molecule has 5 atom stereocenters. The Morgan fingerprint density at radius 2 is 1.71 bits per heavy atom. The van der Waals surface area contributed by atoms with Gasteiger partial charge in [-0.05, 0) is 71.8 Å². The van der Waals surface area contributed by atoms with E-state index in [2.05, 4.69) is 13.1 Å². The predicted octanol–water partition coefficient (Wildman–Crippen LogP) is 7.18. The lowest BCUT2D eigenvalue weighted by Gasteiger charge is -2.37. The van der Waals surface area contributed by atoms with Gasteiger partial charge < -0.3 is 24.4 Å². The Morgan fingerprint density at radius 3 is 2.41 bits per heavy atom. The minimum atomic E-state index is -2.62. The monoisotopic (exact) mass is 810 g/mol. The van der Waals surface area contributed by atoms with E-state index in [4.69, 9.17) is 9.47 Å². The maximum atomic E-state index is 15.4. The van der Waals surface area contributed by atoms with Gasteiger partial charge in [-0.15, -0.1) is 0 Å². The summed E-state index contributed by atoms with van der Waals surface area (Å²) in [5, 5.41) is 25.4. The Morgan fingerprint density at radius 1 is 0.983 bits per heavy atom. The maximum Gasteiger partial charge on any atom is 0.269 e. The van der Waals surface area contributed by atoms with Crippen LogP contribution in [0.4, 0.5) is 22.7 Å². The quantitative estimate of drug-likeness (QED) is 0.0888. The number of amides is 3. The zero-order chi connectivity index (χ0) is 41.4. The van der Waals surface area contributed by atoms with Crippen molar-refractivity contribution in [2.24, 2.45) is 5.92 Å². The number of carbonyl (C=O) groups is 3. The van der Waals surface area contributed by atoms with Crippen molar-refractivity contribution >= 4 is 64.5 Å². The number of nitro groups is 1. The smallest absolute Gasteiger partial charge is 0.269 e. The summed E-state index contributed by atoms with van der Waals surface area (Å²) in [7, 11) is -1.00. The van der Waals surface area contributed by atoms with Crippen molar-refractivity contribution in [3.05, 3.63) is 130 Å². The Hall–Kier alpha value is -5.89. The van der Waals surface area contributed by atoms with Crippen molar-refractivity contribution in [2.75, 3.05) is 30.1 Å². The SMILES string of the molecule is COc1ccc([Si](C)(C)[C@H]2[C@H](CC(=O)N3CCC[C@H]3CO)O[C@@]3(C(=O)N(Cc4ccc(N5C(=O)c6cccc7cccc5c67)cc4)c4ccc([N+](=O)[O-])cc43)[C@@H]2C)cc1. The molecule has 302 valence electrons. The molecule has 13 heteroatoms. The molecule has 1 spiro atoms. The molecule has 12 nitrogen and oxygen atoms in total. The average Bonchev–Trinajstić information content (AvgIpc) is 3.98. The van der Waals surface area contributed by atoms with Crippen LogP contribution in [0.5, 0.6) is 5.75 Å². The lowest BCUT2D eigenvalue weighted by molar-refractivity contribution is -0.385. The number of rotatable bonds is 10. The lowest BCUT2D eigenvalue weighted by Crippen LogP contribution is -2.52. The number of nitro benzene ring substituents is 1. The van der Waals surface area contributed by atoms with E-state index in [1.807, 2.05) is 91.9 Å². The van der Waals surface area contributed by atoms with Gasteiger partial charge in [0.1, 0.15) is 5.75 Å². The van der Waals surface area contributed by atoms with E-state index in [0.717, 1.165) is 33.6 Å². The van der Waals surface area contributed by atoms with Gasteiger partial charge >= 0.3 is 0 Å². The van der Waals surface area contributed by atoms with Gasteiger partial charge in [-0.2, -0.15) is 0 Å². The fourth-order valence-electron chi connectivity index (χ4n) is 10.5. The molecule has 0 radical (unpaired) electrons. The number of likely N-dealkylation sites (tertiary alicyclic amines) is 1. The lowest BCUT2D eigenvalue weighted by atomic mass is 9.82. The normalized spacial score (nSPS) is 23.5. The summed E-state index contributed by atoms with van der Waals surface area (Å²) < 4.78 is 12.6. The molecule has 9 rings (SSSR count). The first-order valence-corrected chi connectivity index (χ1v) is 23.3. The molecule has 1 N–H and O–H groups in total. The summed E-state index contributed by atoms with van der Waals surface area (Å²) in [4.78, 5) is 60.1. The Labute approximate surface area is 343 Å². The van der Waals surface area contributed by atoms with E-state index in [0.29, 0.717) is 41.2 Å². The fourth-order valence-corrected chi connectivity index (χ4v) is 14.5. The van der Waals surface area contributed by atoms with Crippen molar-refractivity contribution in [2.45, 2.75) is 69.1 Å². The van der Waals surface area contributed by atoms with Gasteiger partial charge in [-0.3, -0.25) is 29.4 Å². The third-order valence-corrected chi connectivity index (χ3v) is 17.8. The summed E-state index contributed by atoms with van der Waals surface area (Å²) in [5.41, 5.74) is 1.85. The van der Waals surface area contributed by atoms with E-state index < -0.39 is 30.6 Å². The van der Waals surface area contributed by atoms with Crippen LogP contribution in [-0.2, 0) is 26.5 Å². The van der Waals surface area contributed by atoms with E-state index in [1.54, 1.807) is 27.9 Å². The number of hydrogen-bond acceptors (Lipinski definition) is 8. The van der Waals surface area contributed by atoms with E-state index in [9.17, 15) is 24.8 Å². The molecule has 0 saturated carbocycles. The number of aliphatic hydroxyl groups is 1. The second kappa shape index (κ2) is 14.4. The molecule has 0 aliphatic carbocycles. The molecule has 0 bridgehead atoms. The minimum absolute atomic E-state index is 0.00561. The van der Waals surface area contributed by atoms with Crippen LogP contribution in [0.15, 0.2) is 103 Å². The van der Waals surface area contributed by atoms with Crippen LogP contribution in [0.1, 0.15) is 47.7 Å². The molecule has 5 aromatic rings. The number of ether oxygens (including phenoxy) is 2. The van der Waals surface area contributed by atoms with Gasteiger partial charge in [0.2, 0.25) is 5.91 Å². The van der Waals surface area contributed by atoms with Crippen molar-refractivity contribution < 1.29 is 33.9 Å². The largest absolute Gasteiger partial charge is 0.497 e. The molecular weight excluding hydrogens is 765 g/mol. The highest BCUT2D eigenvalue weighted by Gasteiger charge is 2.67. The van der Waals surface area contributed by atoms with Gasteiger partial charge in [0.15, 0.2) is 5.60 Å². The summed E-state index contributed by atoms with van der Waals surface area (Å²) in [6.45, 7) is 6.99.